The summed E-state index contributed by atoms with van der Waals surface area (Å²) < 4.78 is 7.50. The van der Waals surface area contributed by atoms with Gasteiger partial charge in [-0.05, 0) is 69.6 Å². The number of nitrogens with zero attached hydrogens (tertiary/aromatic N) is 2. The molecule has 0 spiro atoms. The highest BCUT2D eigenvalue weighted by Crippen LogP contribution is 2.35. The van der Waals surface area contributed by atoms with Gasteiger partial charge in [0.1, 0.15) is 0 Å². The fourth-order valence-corrected chi connectivity index (χ4v) is 3.51. The van der Waals surface area contributed by atoms with Crippen LogP contribution in [0.5, 0.6) is 0 Å². The molecule has 0 atom stereocenters. The summed E-state index contributed by atoms with van der Waals surface area (Å²) in [5, 5.41) is 4.12. The fourth-order valence-electron chi connectivity index (χ4n) is 2.60. The van der Waals surface area contributed by atoms with Crippen molar-refractivity contribution >= 4 is 38.5 Å². The average Bonchev–Trinajstić information content (AvgIpc) is 2.93. The van der Waals surface area contributed by atoms with Crippen LogP contribution in [0.4, 0.5) is 0 Å². The Bertz CT molecular complexity index is 623. The molecule has 1 fully saturated rings. The van der Waals surface area contributed by atoms with Gasteiger partial charge in [0.15, 0.2) is 5.82 Å². The lowest BCUT2D eigenvalue weighted by molar-refractivity contribution is 0.275. The van der Waals surface area contributed by atoms with E-state index in [2.05, 4.69) is 48.7 Å². The highest BCUT2D eigenvalue weighted by atomic mass is 127. The molecule has 0 aliphatic heterocycles. The largest absolute Gasteiger partial charge is 0.334 e. The molecule has 1 heterocycles. The summed E-state index contributed by atoms with van der Waals surface area (Å²) >= 11 is 5.79. The first-order chi connectivity index (χ1) is 9.58. The Hall–Kier alpha value is -0.470. The Morgan fingerprint density at radius 2 is 2.00 bits per heavy atom. The molecule has 2 aromatic rings. The third-order valence-corrected chi connectivity index (χ3v) is 5.14. The molecule has 106 valence electrons. The molecule has 1 aromatic carbocycles. The molecule has 0 amide bonds. The SMILES string of the molecule is NC1(c2noc(-c3cc(I)ccc3Br)n2)CCCCC1. The van der Waals surface area contributed by atoms with E-state index in [9.17, 15) is 0 Å². The second kappa shape index (κ2) is 5.73. The Labute approximate surface area is 139 Å². The van der Waals surface area contributed by atoms with Crippen LogP contribution >= 0.6 is 38.5 Å². The van der Waals surface area contributed by atoms with Gasteiger partial charge in [0.25, 0.3) is 5.89 Å². The molecule has 0 radical (unpaired) electrons. The lowest BCUT2D eigenvalue weighted by Crippen LogP contribution is -2.39. The van der Waals surface area contributed by atoms with Crippen molar-refractivity contribution in [3.63, 3.8) is 0 Å². The number of benzene rings is 1. The van der Waals surface area contributed by atoms with Gasteiger partial charge in [-0.1, -0.05) is 24.4 Å². The van der Waals surface area contributed by atoms with Crippen LogP contribution in [-0.4, -0.2) is 10.1 Å². The fraction of sp³-hybridized carbons (Fsp3) is 0.429. The Balaban J connectivity index is 1.95. The molecule has 1 aliphatic rings. The van der Waals surface area contributed by atoms with E-state index in [1.165, 1.54) is 6.42 Å². The van der Waals surface area contributed by atoms with Crippen molar-refractivity contribution in [2.45, 2.75) is 37.6 Å². The summed E-state index contributed by atoms with van der Waals surface area (Å²) in [4.78, 5) is 4.54. The van der Waals surface area contributed by atoms with Gasteiger partial charge in [-0.25, -0.2) is 0 Å². The summed E-state index contributed by atoms with van der Waals surface area (Å²) in [6.45, 7) is 0. The molecular weight excluding hydrogens is 433 g/mol. The van der Waals surface area contributed by atoms with Crippen molar-refractivity contribution in [2.75, 3.05) is 0 Å². The monoisotopic (exact) mass is 447 g/mol. The minimum absolute atomic E-state index is 0.422. The summed E-state index contributed by atoms with van der Waals surface area (Å²) in [6, 6.07) is 6.03. The highest BCUT2D eigenvalue weighted by molar-refractivity contribution is 14.1. The molecule has 4 nitrogen and oxygen atoms in total. The van der Waals surface area contributed by atoms with Gasteiger partial charge in [-0.2, -0.15) is 4.98 Å². The normalized spacial score (nSPS) is 18.1. The molecule has 1 aromatic heterocycles. The van der Waals surface area contributed by atoms with E-state index in [1.807, 2.05) is 18.2 Å². The molecule has 0 unspecified atom stereocenters. The second-order valence-corrected chi connectivity index (χ2v) is 7.36. The summed E-state index contributed by atoms with van der Waals surface area (Å²) in [5.74, 6) is 1.17. The van der Waals surface area contributed by atoms with E-state index in [4.69, 9.17) is 10.3 Å². The maximum Gasteiger partial charge on any atom is 0.259 e. The van der Waals surface area contributed by atoms with Crippen LogP contribution < -0.4 is 5.73 Å². The van der Waals surface area contributed by atoms with Crippen LogP contribution in [0, 0.1) is 3.57 Å². The van der Waals surface area contributed by atoms with Gasteiger partial charge in [0, 0.05) is 8.04 Å². The van der Waals surface area contributed by atoms with Crippen molar-refractivity contribution < 1.29 is 4.52 Å². The topological polar surface area (TPSA) is 64.9 Å². The zero-order valence-electron chi connectivity index (χ0n) is 10.9. The smallest absolute Gasteiger partial charge is 0.259 e. The van der Waals surface area contributed by atoms with E-state index < -0.39 is 5.54 Å². The molecule has 2 N–H and O–H groups in total. The third kappa shape index (κ3) is 2.78. The predicted molar refractivity (Wildman–Crippen MR) is 89.1 cm³/mol. The summed E-state index contributed by atoms with van der Waals surface area (Å²) in [7, 11) is 0. The number of halogens is 2. The van der Waals surface area contributed by atoms with Gasteiger partial charge in [0.05, 0.1) is 11.1 Å². The van der Waals surface area contributed by atoms with Crippen molar-refractivity contribution in [3.05, 3.63) is 32.1 Å². The number of hydrogen-bond donors (Lipinski definition) is 1. The second-order valence-electron chi connectivity index (χ2n) is 5.26. The van der Waals surface area contributed by atoms with Crippen LogP contribution in [0.15, 0.2) is 27.2 Å². The number of rotatable bonds is 2. The molecule has 20 heavy (non-hydrogen) atoms. The van der Waals surface area contributed by atoms with E-state index >= 15 is 0 Å². The van der Waals surface area contributed by atoms with Gasteiger partial charge in [-0.3, -0.25) is 0 Å². The van der Waals surface area contributed by atoms with Crippen LogP contribution in [0.25, 0.3) is 11.5 Å². The molecule has 1 saturated carbocycles. The Morgan fingerprint density at radius 3 is 2.75 bits per heavy atom. The minimum Gasteiger partial charge on any atom is -0.334 e. The third-order valence-electron chi connectivity index (χ3n) is 3.78. The van der Waals surface area contributed by atoms with E-state index in [1.54, 1.807) is 0 Å². The standard InChI is InChI=1S/C14H15BrIN3O/c15-11-5-4-9(16)8-10(11)12-18-13(19-20-12)14(17)6-2-1-3-7-14/h4-5,8H,1-3,6-7,17H2. The number of hydrogen-bond acceptors (Lipinski definition) is 4. The molecular formula is C14H15BrIN3O. The lowest BCUT2D eigenvalue weighted by atomic mass is 9.82. The maximum absolute atomic E-state index is 6.44. The van der Waals surface area contributed by atoms with Gasteiger partial charge < -0.3 is 10.3 Å². The zero-order chi connectivity index (χ0) is 14.2. The quantitative estimate of drug-likeness (QED) is 0.700. The first-order valence-electron chi connectivity index (χ1n) is 6.67. The summed E-state index contributed by atoms with van der Waals surface area (Å²) in [6.07, 6.45) is 5.37. The van der Waals surface area contributed by atoms with Gasteiger partial charge in [-0.15, -0.1) is 0 Å². The maximum atomic E-state index is 6.44. The first-order valence-corrected chi connectivity index (χ1v) is 8.54. The molecule has 3 rings (SSSR count). The Morgan fingerprint density at radius 1 is 1.25 bits per heavy atom. The number of aromatic nitrogens is 2. The lowest BCUT2D eigenvalue weighted by Gasteiger charge is -2.29. The van der Waals surface area contributed by atoms with Crippen LogP contribution in [0.3, 0.4) is 0 Å². The van der Waals surface area contributed by atoms with Gasteiger partial charge in [0.2, 0.25) is 0 Å². The molecule has 0 bridgehead atoms. The van der Waals surface area contributed by atoms with E-state index in [0.717, 1.165) is 39.3 Å². The van der Waals surface area contributed by atoms with Crippen molar-refractivity contribution in [3.8, 4) is 11.5 Å². The molecule has 0 saturated heterocycles. The van der Waals surface area contributed by atoms with Crippen molar-refractivity contribution in [1.29, 1.82) is 0 Å². The molecule has 1 aliphatic carbocycles. The predicted octanol–water partition coefficient (Wildman–Crippen LogP) is 4.22. The summed E-state index contributed by atoms with van der Waals surface area (Å²) in [5.41, 5.74) is 6.93. The molecule has 6 heteroatoms. The number of nitrogens with two attached hydrogens (primary N) is 1. The average molecular weight is 448 g/mol. The highest BCUT2D eigenvalue weighted by Gasteiger charge is 2.34. The zero-order valence-corrected chi connectivity index (χ0v) is 14.6. The van der Waals surface area contributed by atoms with E-state index in [-0.39, 0.29) is 0 Å². The first kappa shape index (κ1) is 14.5. The van der Waals surface area contributed by atoms with Crippen LogP contribution in [-0.2, 0) is 5.54 Å². The minimum atomic E-state index is -0.422. The Kier molecular flexibility index (Phi) is 4.14. The van der Waals surface area contributed by atoms with Crippen LogP contribution in [0.1, 0.15) is 37.9 Å². The van der Waals surface area contributed by atoms with E-state index in [0.29, 0.717) is 11.7 Å². The van der Waals surface area contributed by atoms with Crippen molar-refractivity contribution in [1.82, 2.24) is 10.1 Å². The van der Waals surface area contributed by atoms with Crippen LogP contribution in [0.2, 0.25) is 0 Å². The van der Waals surface area contributed by atoms with Crippen molar-refractivity contribution in [2.24, 2.45) is 5.73 Å². The van der Waals surface area contributed by atoms with Gasteiger partial charge >= 0.3 is 0 Å².